The Labute approximate surface area is 326 Å². The summed E-state index contributed by atoms with van der Waals surface area (Å²) in [6, 6.07) is 36.7. The van der Waals surface area contributed by atoms with Crippen molar-refractivity contribution >= 4 is 66.4 Å². The van der Waals surface area contributed by atoms with Crippen molar-refractivity contribution in [2.24, 2.45) is 0 Å². The summed E-state index contributed by atoms with van der Waals surface area (Å²) in [5, 5.41) is 32.5. The van der Waals surface area contributed by atoms with E-state index in [0.29, 0.717) is 34.8 Å². The molecule has 8 aromatic rings. The number of carbonyl (C=O) groups excluding carboxylic acids is 2. The molecule has 0 fully saturated rings. The highest BCUT2D eigenvalue weighted by molar-refractivity contribution is 6.32. The summed E-state index contributed by atoms with van der Waals surface area (Å²) in [6.07, 6.45) is 1.36. The number of aromatic hydroxyl groups is 2. The van der Waals surface area contributed by atoms with Crippen LogP contribution in [0, 0.1) is 23.7 Å². The summed E-state index contributed by atoms with van der Waals surface area (Å²) in [5.41, 5.74) is 4.13. The van der Waals surface area contributed by atoms with E-state index in [0.717, 1.165) is 65.0 Å². The molecule has 0 spiro atoms. The van der Waals surface area contributed by atoms with Crippen molar-refractivity contribution in [2.75, 3.05) is 0 Å². The quantitative estimate of drug-likeness (QED) is 0.106. The smallest absolute Gasteiger partial charge is 0.153 e. The number of carbonyl (C=O) groups is 2. The molecule has 0 saturated carbocycles. The molecule has 0 unspecified atom stereocenters. The molecular formula is C52H40O4. The zero-order valence-electron chi connectivity index (χ0n) is 32.3. The fourth-order valence-electron chi connectivity index (χ4n) is 7.86. The van der Waals surface area contributed by atoms with Crippen LogP contribution in [0.3, 0.4) is 0 Å². The lowest BCUT2D eigenvalue weighted by molar-refractivity contribution is 0.111. The van der Waals surface area contributed by atoms with E-state index in [1.165, 1.54) is 0 Å². The van der Waals surface area contributed by atoms with Gasteiger partial charge in [-0.3, -0.25) is 9.59 Å². The Morgan fingerprint density at radius 3 is 1.20 bits per heavy atom. The van der Waals surface area contributed by atoms with Crippen molar-refractivity contribution in [1.29, 1.82) is 0 Å². The minimum absolute atomic E-state index is 0.000637. The van der Waals surface area contributed by atoms with Gasteiger partial charge in [-0.15, -0.1) is 0 Å². The molecule has 2 N–H and O–H groups in total. The second kappa shape index (κ2) is 13.5. The van der Waals surface area contributed by atoms with E-state index in [9.17, 15) is 19.8 Å². The van der Waals surface area contributed by atoms with Crippen LogP contribution < -0.4 is 0 Å². The van der Waals surface area contributed by atoms with Gasteiger partial charge in [-0.25, -0.2) is 0 Å². The van der Waals surface area contributed by atoms with Crippen LogP contribution in [-0.2, 0) is 10.8 Å². The van der Waals surface area contributed by atoms with Crippen LogP contribution in [0.5, 0.6) is 11.5 Å². The molecule has 0 bridgehead atoms. The lowest BCUT2D eigenvalue weighted by Gasteiger charge is -2.21. The topological polar surface area (TPSA) is 74.6 Å². The number of hydrogen-bond donors (Lipinski definition) is 2. The molecule has 0 aliphatic rings. The third kappa shape index (κ3) is 6.20. The van der Waals surface area contributed by atoms with Crippen LogP contribution >= 0.6 is 0 Å². The minimum Gasteiger partial charge on any atom is -0.507 e. The number of benzene rings is 8. The van der Waals surface area contributed by atoms with Gasteiger partial charge < -0.3 is 10.2 Å². The number of hydrogen-bond acceptors (Lipinski definition) is 4. The number of phenolic OH excluding ortho intramolecular Hbond substituents is 2. The van der Waals surface area contributed by atoms with Gasteiger partial charge in [-0.2, -0.15) is 0 Å². The van der Waals surface area contributed by atoms with Gasteiger partial charge in [0.05, 0.1) is 11.1 Å². The van der Waals surface area contributed by atoms with E-state index in [2.05, 4.69) is 84.3 Å². The molecule has 0 radical (unpaired) electrons. The van der Waals surface area contributed by atoms with Crippen molar-refractivity contribution in [2.45, 2.75) is 52.4 Å². The fraction of sp³-hybridized carbons (Fsp3) is 0.154. The molecule has 8 aromatic carbocycles. The lowest BCUT2D eigenvalue weighted by atomic mass is 9.84. The molecule has 0 aliphatic carbocycles. The molecule has 4 nitrogen and oxygen atoms in total. The first-order valence-corrected chi connectivity index (χ1v) is 18.7. The first kappa shape index (κ1) is 36.1. The van der Waals surface area contributed by atoms with Gasteiger partial charge in [-0.05, 0) is 101 Å². The molecular weight excluding hydrogens is 689 g/mol. The van der Waals surface area contributed by atoms with Crippen molar-refractivity contribution < 1.29 is 19.8 Å². The first-order valence-electron chi connectivity index (χ1n) is 18.7. The zero-order valence-corrected chi connectivity index (χ0v) is 32.3. The van der Waals surface area contributed by atoms with Gasteiger partial charge in [0, 0.05) is 33.4 Å². The number of fused-ring (bicyclic) bond motifs is 9. The Kier molecular flexibility index (Phi) is 8.68. The number of rotatable bonds is 2. The zero-order chi connectivity index (χ0) is 39.5. The number of phenols is 2. The van der Waals surface area contributed by atoms with E-state index < -0.39 is 0 Å². The molecule has 0 aliphatic heterocycles. The summed E-state index contributed by atoms with van der Waals surface area (Å²) >= 11 is 0. The summed E-state index contributed by atoms with van der Waals surface area (Å²) in [5.74, 6) is 13.4. The Morgan fingerprint density at radius 2 is 0.821 bits per heavy atom. The normalized spacial score (nSPS) is 11.8. The van der Waals surface area contributed by atoms with Gasteiger partial charge >= 0.3 is 0 Å². The average molecular weight is 729 g/mol. The molecule has 0 heterocycles. The van der Waals surface area contributed by atoms with Crippen LogP contribution in [0.1, 0.15) is 95.6 Å². The Balaban J connectivity index is 1.34. The second-order valence-electron chi connectivity index (χ2n) is 16.5. The molecule has 8 rings (SSSR count). The Hall–Kier alpha value is -6.88. The predicted molar refractivity (Wildman–Crippen MR) is 230 cm³/mol. The highest BCUT2D eigenvalue weighted by atomic mass is 16.3. The van der Waals surface area contributed by atoms with Crippen molar-refractivity contribution in [3.8, 4) is 35.2 Å². The Morgan fingerprint density at radius 1 is 0.446 bits per heavy atom. The van der Waals surface area contributed by atoms with E-state index in [-0.39, 0.29) is 33.5 Å². The third-order valence-electron chi connectivity index (χ3n) is 10.7. The standard InChI is InChI=1S/C52H40O4/c1-51(2,3)44-27-31(25-38(29-53)49(44)55)13-15-33-9-7-11-42-40(33)23-21-35-17-19-37-20-18-36-22-24-41-34(10-8-12-43(41)47(36)48(37)46(35)42)16-14-32-26-39(30-54)50(56)45(28-32)52(4,5)6/h7-12,17-30,55-56H,1-6H3. The van der Waals surface area contributed by atoms with Crippen LogP contribution in [0.15, 0.2) is 109 Å². The molecule has 56 heavy (non-hydrogen) atoms. The molecule has 272 valence electrons. The minimum atomic E-state index is -0.372. The van der Waals surface area contributed by atoms with Crippen molar-refractivity contribution in [1.82, 2.24) is 0 Å². The van der Waals surface area contributed by atoms with Crippen molar-refractivity contribution in [3.05, 3.63) is 154 Å². The maximum atomic E-state index is 11.9. The van der Waals surface area contributed by atoms with Crippen LogP contribution in [0.2, 0.25) is 0 Å². The summed E-state index contributed by atoms with van der Waals surface area (Å²) < 4.78 is 0. The number of aldehydes is 2. The van der Waals surface area contributed by atoms with E-state index in [1.807, 2.05) is 77.9 Å². The van der Waals surface area contributed by atoms with Gasteiger partial charge in [0.2, 0.25) is 0 Å². The average Bonchev–Trinajstić information content (AvgIpc) is 3.18. The fourth-order valence-corrected chi connectivity index (χ4v) is 7.86. The van der Waals surface area contributed by atoms with Gasteiger partial charge in [0.1, 0.15) is 11.5 Å². The highest BCUT2D eigenvalue weighted by Gasteiger charge is 2.22. The van der Waals surface area contributed by atoms with E-state index >= 15 is 0 Å². The SMILES string of the molecule is CC(C)(C)c1cc(C#Cc2cccc3c2ccc2ccc4ccc5ccc6c(C#Cc7cc(C=O)c(O)c(C(C)(C)C)c7)cccc6c5c4c23)cc(C=O)c1O. The van der Waals surface area contributed by atoms with Gasteiger partial charge in [-0.1, -0.05) is 138 Å². The van der Waals surface area contributed by atoms with Crippen molar-refractivity contribution in [3.63, 3.8) is 0 Å². The maximum absolute atomic E-state index is 11.9. The second-order valence-corrected chi connectivity index (χ2v) is 16.5. The molecule has 0 amide bonds. The van der Waals surface area contributed by atoms with Gasteiger partial charge in [0.15, 0.2) is 12.6 Å². The van der Waals surface area contributed by atoms with Crippen LogP contribution in [0.4, 0.5) is 0 Å². The lowest BCUT2D eigenvalue weighted by Crippen LogP contribution is -2.12. The highest BCUT2D eigenvalue weighted by Crippen LogP contribution is 2.41. The predicted octanol–water partition coefficient (Wildman–Crippen LogP) is 11.9. The van der Waals surface area contributed by atoms with Crippen LogP contribution in [-0.4, -0.2) is 22.8 Å². The van der Waals surface area contributed by atoms with E-state index in [4.69, 9.17) is 0 Å². The summed E-state index contributed by atoms with van der Waals surface area (Å²) in [6.45, 7) is 12.0. The molecule has 0 saturated heterocycles. The monoisotopic (exact) mass is 728 g/mol. The summed E-state index contributed by atoms with van der Waals surface area (Å²) in [7, 11) is 0. The third-order valence-corrected chi connectivity index (χ3v) is 10.7. The first-order chi connectivity index (χ1) is 26.8. The van der Waals surface area contributed by atoms with Gasteiger partial charge in [0.25, 0.3) is 0 Å². The molecule has 0 atom stereocenters. The van der Waals surface area contributed by atoms with E-state index in [1.54, 1.807) is 12.1 Å². The Bertz CT molecular complexity index is 2900. The maximum Gasteiger partial charge on any atom is 0.153 e. The molecule has 4 heteroatoms. The van der Waals surface area contributed by atoms with Crippen LogP contribution in [0.25, 0.3) is 53.9 Å². The molecule has 0 aromatic heterocycles. The largest absolute Gasteiger partial charge is 0.507 e. The summed E-state index contributed by atoms with van der Waals surface area (Å²) in [4.78, 5) is 23.7.